The van der Waals surface area contributed by atoms with Crippen LogP contribution in [0.4, 0.5) is 11.5 Å². The number of carbonyl (C=O) groups is 1. The zero-order valence-corrected chi connectivity index (χ0v) is 12.1. The Balaban J connectivity index is 2.31. The fourth-order valence-corrected chi connectivity index (χ4v) is 1.89. The van der Waals surface area contributed by atoms with Gasteiger partial charge in [0, 0.05) is 23.9 Å². The Hall–Kier alpha value is -2.54. The van der Waals surface area contributed by atoms with Gasteiger partial charge >= 0.3 is 0 Å². The van der Waals surface area contributed by atoms with Crippen LogP contribution in [0.2, 0.25) is 5.15 Å². The summed E-state index contributed by atoms with van der Waals surface area (Å²) in [5.41, 5.74) is 6.13. The number of carbonyl (C=O) groups excluding carboxylic acids is 1. The van der Waals surface area contributed by atoms with E-state index in [4.69, 9.17) is 26.8 Å². The minimum Gasteiger partial charge on any atom is -0.497 e. The molecule has 1 aromatic heterocycles. The van der Waals surface area contributed by atoms with Gasteiger partial charge in [-0.1, -0.05) is 11.6 Å². The van der Waals surface area contributed by atoms with Gasteiger partial charge in [-0.15, -0.1) is 0 Å². The molecule has 2 rings (SSSR count). The highest BCUT2D eigenvalue weighted by molar-refractivity contribution is 6.34. The van der Waals surface area contributed by atoms with Crippen molar-refractivity contribution in [2.75, 3.05) is 25.3 Å². The van der Waals surface area contributed by atoms with Crippen molar-refractivity contribution in [3.63, 3.8) is 0 Å². The van der Waals surface area contributed by atoms with Crippen LogP contribution >= 0.6 is 11.6 Å². The number of nitrogens with zero attached hydrogens (tertiary/aromatic N) is 2. The molecule has 7 nitrogen and oxygen atoms in total. The minimum absolute atomic E-state index is 0.00219. The van der Waals surface area contributed by atoms with Gasteiger partial charge in [0.2, 0.25) is 0 Å². The molecule has 0 fully saturated rings. The Morgan fingerprint density at radius 1 is 1.19 bits per heavy atom. The maximum absolute atomic E-state index is 12.2. The number of hydrogen-bond donors (Lipinski definition) is 2. The molecule has 0 aliphatic rings. The van der Waals surface area contributed by atoms with Crippen molar-refractivity contribution >= 4 is 29.0 Å². The second-order valence-electron chi connectivity index (χ2n) is 3.98. The number of methoxy groups -OCH3 is 2. The highest BCUT2D eigenvalue weighted by atomic mass is 35.5. The van der Waals surface area contributed by atoms with Gasteiger partial charge in [0.1, 0.15) is 34.4 Å². The topological polar surface area (TPSA) is 99.4 Å². The summed E-state index contributed by atoms with van der Waals surface area (Å²) in [5.74, 6) is 0.553. The predicted octanol–water partition coefficient (Wildman–Crippen LogP) is 1.98. The van der Waals surface area contributed by atoms with Gasteiger partial charge in [0.15, 0.2) is 0 Å². The van der Waals surface area contributed by atoms with Crippen molar-refractivity contribution in [1.82, 2.24) is 9.97 Å². The summed E-state index contributed by atoms with van der Waals surface area (Å²) in [5, 5.41) is 2.63. The van der Waals surface area contributed by atoms with Gasteiger partial charge in [0.25, 0.3) is 5.91 Å². The molecule has 1 amide bonds. The van der Waals surface area contributed by atoms with E-state index in [1.807, 2.05) is 0 Å². The number of aromatic nitrogens is 2. The van der Waals surface area contributed by atoms with E-state index in [1.54, 1.807) is 18.2 Å². The van der Waals surface area contributed by atoms with Gasteiger partial charge in [-0.05, 0) is 0 Å². The molecule has 0 bridgehead atoms. The summed E-state index contributed by atoms with van der Waals surface area (Å²) in [6.07, 6.45) is 1.18. The number of hydrogen-bond acceptors (Lipinski definition) is 6. The van der Waals surface area contributed by atoms with E-state index in [0.29, 0.717) is 17.2 Å². The number of benzene rings is 1. The highest BCUT2D eigenvalue weighted by Crippen LogP contribution is 2.27. The summed E-state index contributed by atoms with van der Waals surface area (Å²) < 4.78 is 10.3. The molecule has 110 valence electrons. The fourth-order valence-electron chi connectivity index (χ4n) is 1.66. The number of nitrogens with one attached hydrogen (secondary N) is 1. The summed E-state index contributed by atoms with van der Waals surface area (Å²) in [6.45, 7) is 0. The molecular formula is C13H13ClN4O3. The van der Waals surface area contributed by atoms with Gasteiger partial charge in [-0.3, -0.25) is 4.79 Å². The van der Waals surface area contributed by atoms with Crippen molar-refractivity contribution in [3.8, 4) is 11.5 Å². The van der Waals surface area contributed by atoms with E-state index in [0.717, 1.165) is 0 Å². The lowest BCUT2D eigenvalue weighted by atomic mass is 10.2. The van der Waals surface area contributed by atoms with E-state index in [9.17, 15) is 4.79 Å². The molecule has 0 saturated heterocycles. The molecule has 2 aromatic rings. The van der Waals surface area contributed by atoms with Crippen molar-refractivity contribution in [3.05, 3.63) is 35.2 Å². The second kappa shape index (κ2) is 6.27. The Bertz CT molecular complexity index is 636. The number of nitrogen functional groups attached to an aromatic ring is 1. The van der Waals surface area contributed by atoms with Crippen molar-refractivity contribution < 1.29 is 14.3 Å². The average Bonchev–Trinajstić information content (AvgIpc) is 2.46. The normalized spacial score (nSPS) is 10.0. The third-order valence-electron chi connectivity index (χ3n) is 2.67. The summed E-state index contributed by atoms with van der Waals surface area (Å²) in [7, 11) is 3.03. The van der Waals surface area contributed by atoms with E-state index >= 15 is 0 Å². The van der Waals surface area contributed by atoms with Gasteiger partial charge in [0.05, 0.1) is 14.2 Å². The Kier molecular flexibility index (Phi) is 4.44. The first-order chi connectivity index (χ1) is 10.0. The molecule has 0 aliphatic heterocycles. The molecule has 0 unspecified atom stereocenters. The molecule has 1 aromatic carbocycles. The highest BCUT2D eigenvalue weighted by Gasteiger charge is 2.17. The van der Waals surface area contributed by atoms with Gasteiger partial charge in [-0.2, -0.15) is 0 Å². The zero-order valence-electron chi connectivity index (χ0n) is 11.4. The fraction of sp³-hybridized carbons (Fsp3) is 0.154. The molecule has 0 spiro atoms. The molecule has 3 N–H and O–H groups in total. The molecule has 0 atom stereocenters. The molecule has 8 heteroatoms. The lowest BCUT2D eigenvalue weighted by molar-refractivity contribution is 0.102. The predicted molar refractivity (Wildman–Crippen MR) is 79.0 cm³/mol. The smallest absolute Gasteiger partial charge is 0.262 e. The summed E-state index contributed by atoms with van der Waals surface area (Å²) in [6, 6.07) is 4.95. The number of nitrogens with two attached hydrogens (primary N) is 1. The lowest BCUT2D eigenvalue weighted by Gasteiger charge is -2.11. The maximum atomic E-state index is 12.2. The van der Waals surface area contributed by atoms with E-state index in [-0.39, 0.29) is 16.5 Å². The average molecular weight is 309 g/mol. The van der Waals surface area contributed by atoms with E-state index in [2.05, 4.69) is 15.3 Å². The Labute approximate surface area is 126 Å². The molecule has 0 saturated carbocycles. The third-order valence-corrected chi connectivity index (χ3v) is 2.95. The molecule has 21 heavy (non-hydrogen) atoms. The van der Waals surface area contributed by atoms with Crippen molar-refractivity contribution in [2.45, 2.75) is 0 Å². The SMILES string of the molecule is COc1cc(NC(=O)c2c(N)ncnc2Cl)cc(OC)c1. The van der Waals surface area contributed by atoms with Gasteiger partial charge in [-0.25, -0.2) is 9.97 Å². The molecule has 0 radical (unpaired) electrons. The lowest BCUT2D eigenvalue weighted by Crippen LogP contribution is -2.16. The second-order valence-corrected chi connectivity index (χ2v) is 4.34. The van der Waals surface area contributed by atoms with Crippen LogP contribution in [0.15, 0.2) is 24.5 Å². The summed E-state index contributed by atoms with van der Waals surface area (Å²) in [4.78, 5) is 19.7. The number of anilines is 2. The Morgan fingerprint density at radius 3 is 2.33 bits per heavy atom. The van der Waals surface area contributed by atoms with Gasteiger partial charge < -0.3 is 20.5 Å². The standard InChI is InChI=1S/C13H13ClN4O3/c1-20-8-3-7(4-9(5-8)21-2)18-13(19)10-11(14)16-6-17-12(10)15/h3-6H,1-2H3,(H,18,19)(H2,15,16,17). The maximum Gasteiger partial charge on any atom is 0.262 e. The van der Waals surface area contributed by atoms with Crippen molar-refractivity contribution in [1.29, 1.82) is 0 Å². The number of amides is 1. The van der Waals surface area contributed by atoms with Crippen LogP contribution in [-0.2, 0) is 0 Å². The molecular weight excluding hydrogens is 296 g/mol. The Morgan fingerprint density at radius 2 is 1.81 bits per heavy atom. The van der Waals surface area contributed by atoms with Crippen LogP contribution in [0.3, 0.4) is 0 Å². The van der Waals surface area contributed by atoms with Crippen LogP contribution in [-0.4, -0.2) is 30.1 Å². The van der Waals surface area contributed by atoms with Crippen LogP contribution < -0.4 is 20.5 Å². The monoisotopic (exact) mass is 308 g/mol. The van der Waals surface area contributed by atoms with Crippen LogP contribution in [0, 0.1) is 0 Å². The zero-order chi connectivity index (χ0) is 15.4. The largest absolute Gasteiger partial charge is 0.497 e. The molecule has 1 heterocycles. The minimum atomic E-state index is -0.520. The number of ether oxygens (including phenoxy) is 2. The van der Waals surface area contributed by atoms with E-state index in [1.165, 1.54) is 20.5 Å². The van der Waals surface area contributed by atoms with Crippen LogP contribution in [0.5, 0.6) is 11.5 Å². The first-order valence-electron chi connectivity index (χ1n) is 5.85. The number of rotatable bonds is 4. The summed E-state index contributed by atoms with van der Waals surface area (Å²) >= 11 is 5.87. The van der Waals surface area contributed by atoms with Crippen LogP contribution in [0.1, 0.15) is 10.4 Å². The van der Waals surface area contributed by atoms with Crippen molar-refractivity contribution in [2.24, 2.45) is 0 Å². The van der Waals surface area contributed by atoms with E-state index < -0.39 is 5.91 Å². The third kappa shape index (κ3) is 3.32. The first kappa shape index (κ1) is 14.9. The first-order valence-corrected chi connectivity index (χ1v) is 6.23. The van der Waals surface area contributed by atoms with Crippen LogP contribution in [0.25, 0.3) is 0 Å². The molecule has 0 aliphatic carbocycles. The quantitative estimate of drug-likeness (QED) is 0.838. The number of halogens is 1.